The summed E-state index contributed by atoms with van der Waals surface area (Å²) in [6, 6.07) is 11.4. The zero-order valence-corrected chi connectivity index (χ0v) is 17.0. The van der Waals surface area contributed by atoms with Crippen molar-refractivity contribution < 1.29 is 32.3 Å². The summed E-state index contributed by atoms with van der Waals surface area (Å²) in [5, 5.41) is 1.02. The molecule has 0 unspecified atom stereocenters. The molecule has 2 aromatic rings. The van der Waals surface area contributed by atoms with E-state index in [4.69, 9.17) is 16.0 Å². The number of carbonyl (C=O) groups is 1. The van der Waals surface area contributed by atoms with Gasteiger partial charge in [0.15, 0.2) is 0 Å². The Morgan fingerprint density at radius 3 is 2.55 bits per heavy atom. The molecule has 6 nitrogen and oxygen atoms in total. The number of hydrogen-bond donors (Lipinski definition) is 0. The van der Waals surface area contributed by atoms with Crippen LogP contribution in [0.1, 0.15) is 28.7 Å². The lowest BCUT2D eigenvalue weighted by Crippen LogP contribution is -2.28. The molecule has 31 heavy (non-hydrogen) atoms. The van der Waals surface area contributed by atoms with E-state index >= 15 is 0 Å². The van der Waals surface area contributed by atoms with Gasteiger partial charge in [-0.3, -0.25) is 9.63 Å². The van der Waals surface area contributed by atoms with Crippen LogP contribution in [-0.2, 0) is 16.0 Å². The summed E-state index contributed by atoms with van der Waals surface area (Å²) in [6.45, 7) is 1.28. The van der Waals surface area contributed by atoms with Crippen LogP contribution in [0.4, 0.5) is 13.2 Å². The van der Waals surface area contributed by atoms with Gasteiger partial charge in [0.05, 0.1) is 6.61 Å². The van der Waals surface area contributed by atoms with Gasteiger partial charge in [-0.1, -0.05) is 24.1 Å². The maximum Gasteiger partial charge on any atom is 0.452 e. The lowest BCUT2D eigenvalue weighted by Gasteiger charge is -2.15. The Balaban J connectivity index is 2.05. The van der Waals surface area contributed by atoms with Crippen molar-refractivity contribution in [2.24, 2.45) is 0 Å². The molecule has 164 valence electrons. The zero-order chi connectivity index (χ0) is 22.9. The Kier molecular flexibility index (Phi) is 8.46. The minimum Gasteiger partial charge on any atom is -0.487 e. The predicted octanol–water partition coefficient (Wildman–Crippen LogP) is 4.13. The van der Waals surface area contributed by atoms with E-state index in [0.717, 1.165) is 10.6 Å². The molecule has 0 aliphatic carbocycles. The number of aromatic nitrogens is 1. The number of amides is 1. The molecule has 2 rings (SSSR count). The fraction of sp³-hybridized carbons (Fsp3) is 0.273. The topological polar surface area (TPSA) is 60.9 Å². The number of terminal acetylenes is 1. The van der Waals surface area contributed by atoms with Crippen molar-refractivity contribution in [3.63, 3.8) is 0 Å². The van der Waals surface area contributed by atoms with Crippen LogP contribution >= 0.6 is 0 Å². The van der Waals surface area contributed by atoms with Gasteiger partial charge in [-0.25, -0.2) is 10.0 Å². The molecule has 0 spiro atoms. The molecule has 1 amide bonds. The van der Waals surface area contributed by atoms with Gasteiger partial charge < -0.3 is 9.47 Å². The molecule has 1 aromatic carbocycles. The average Bonchev–Trinajstić information content (AvgIpc) is 2.74. The zero-order valence-electron chi connectivity index (χ0n) is 17.0. The smallest absolute Gasteiger partial charge is 0.452 e. The first kappa shape index (κ1) is 23.8. The van der Waals surface area contributed by atoms with Crippen LogP contribution in [-0.4, -0.2) is 42.4 Å². The maximum absolute atomic E-state index is 12.8. The van der Waals surface area contributed by atoms with E-state index in [1.807, 2.05) is 0 Å². The van der Waals surface area contributed by atoms with Gasteiger partial charge >= 0.3 is 6.18 Å². The quantitative estimate of drug-likeness (QED) is 0.338. The Bertz CT molecular complexity index is 950. The third kappa shape index (κ3) is 7.35. The second-order valence-electron chi connectivity index (χ2n) is 6.15. The van der Waals surface area contributed by atoms with E-state index in [9.17, 15) is 18.0 Å². The van der Waals surface area contributed by atoms with Crippen molar-refractivity contribution in [1.82, 2.24) is 10.0 Å². The normalized spacial score (nSPS) is 11.5. The lowest BCUT2D eigenvalue weighted by atomic mass is 10.1. The fourth-order valence-corrected chi connectivity index (χ4v) is 2.41. The first-order chi connectivity index (χ1) is 14.7. The highest BCUT2D eigenvalue weighted by atomic mass is 19.4. The summed E-state index contributed by atoms with van der Waals surface area (Å²) >= 11 is 0. The number of pyridine rings is 1. The van der Waals surface area contributed by atoms with Crippen molar-refractivity contribution >= 4 is 5.91 Å². The Labute approximate surface area is 178 Å². The molecule has 0 saturated heterocycles. The highest BCUT2D eigenvalue weighted by Gasteiger charge is 2.36. The van der Waals surface area contributed by atoms with E-state index in [1.54, 1.807) is 30.3 Å². The summed E-state index contributed by atoms with van der Waals surface area (Å²) in [6.07, 6.45) is 1.41. The molecule has 0 atom stereocenters. The maximum atomic E-state index is 12.8. The van der Waals surface area contributed by atoms with Crippen LogP contribution in [0.2, 0.25) is 0 Å². The molecule has 0 aliphatic rings. The highest BCUT2D eigenvalue weighted by Crippen LogP contribution is 2.27. The molecule has 9 heteroatoms. The minimum absolute atomic E-state index is 0.0411. The van der Waals surface area contributed by atoms with Gasteiger partial charge in [0.2, 0.25) is 5.76 Å². The first-order valence-electron chi connectivity index (χ1n) is 9.20. The number of carbonyl (C=O) groups excluding carboxylic acids is 1. The van der Waals surface area contributed by atoms with Crippen LogP contribution in [0.5, 0.6) is 5.75 Å². The molecule has 1 aromatic heterocycles. The number of benzene rings is 1. The Hall–Kier alpha value is -3.51. The van der Waals surface area contributed by atoms with Crippen LogP contribution in [0, 0.1) is 12.3 Å². The van der Waals surface area contributed by atoms with Crippen molar-refractivity contribution in [2.45, 2.75) is 19.5 Å². The number of alkyl halides is 3. The average molecular weight is 434 g/mol. The highest BCUT2D eigenvalue weighted by molar-refractivity contribution is 5.91. The van der Waals surface area contributed by atoms with Crippen LogP contribution in [0.3, 0.4) is 0 Å². The number of hydrogen-bond acceptors (Lipinski definition) is 5. The van der Waals surface area contributed by atoms with Crippen LogP contribution < -0.4 is 4.74 Å². The van der Waals surface area contributed by atoms with Gasteiger partial charge in [0.1, 0.15) is 24.3 Å². The van der Waals surface area contributed by atoms with Gasteiger partial charge in [-0.15, -0.1) is 6.42 Å². The molecule has 0 radical (unpaired) electrons. The standard InChI is InChI=1S/C22H21F3N2O4/c1-4-13-31-27(3)21(28)19-8-6-7-17(26-19)14-16-9-11-18(12-10-16)30-15-20(29-5-2)22(23,24)25/h1,6-12,15H,5,13-14H2,2-3H3/b20-15-. The number of rotatable bonds is 9. The van der Waals surface area contributed by atoms with Crippen LogP contribution in [0.25, 0.3) is 0 Å². The molecular weight excluding hydrogens is 413 g/mol. The number of halogens is 3. The minimum atomic E-state index is -4.63. The van der Waals surface area contributed by atoms with E-state index in [2.05, 4.69) is 15.6 Å². The SMILES string of the molecule is C#CCON(C)C(=O)c1cccc(Cc2ccc(O/C=C(\OCC)C(F)(F)F)cc2)n1. The van der Waals surface area contributed by atoms with E-state index in [1.165, 1.54) is 26.1 Å². The van der Waals surface area contributed by atoms with Gasteiger partial charge in [-0.2, -0.15) is 13.2 Å². The molecule has 0 N–H and O–H groups in total. The first-order valence-corrected chi connectivity index (χ1v) is 9.20. The Morgan fingerprint density at radius 2 is 1.94 bits per heavy atom. The van der Waals surface area contributed by atoms with Crippen molar-refractivity contribution in [3.8, 4) is 18.1 Å². The third-order valence-corrected chi connectivity index (χ3v) is 3.84. The summed E-state index contributed by atoms with van der Waals surface area (Å²) in [7, 11) is 1.44. The van der Waals surface area contributed by atoms with E-state index in [0.29, 0.717) is 18.4 Å². The largest absolute Gasteiger partial charge is 0.487 e. The molecule has 0 fully saturated rings. The number of allylic oxidation sites excluding steroid dienone is 1. The summed E-state index contributed by atoms with van der Waals surface area (Å²) in [5.41, 5.74) is 1.64. The molecule has 0 saturated carbocycles. The fourth-order valence-electron chi connectivity index (χ4n) is 2.41. The van der Waals surface area contributed by atoms with Gasteiger partial charge in [0.25, 0.3) is 5.91 Å². The second-order valence-corrected chi connectivity index (χ2v) is 6.15. The Morgan fingerprint density at radius 1 is 1.23 bits per heavy atom. The van der Waals surface area contributed by atoms with Crippen molar-refractivity contribution in [1.29, 1.82) is 0 Å². The second kappa shape index (κ2) is 11.0. The molecule has 1 heterocycles. The van der Waals surface area contributed by atoms with Crippen molar-refractivity contribution in [2.75, 3.05) is 20.3 Å². The van der Waals surface area contributed by atoms with Gasteiger partial charge in [-0.05, 0) is 36.8 Å². The third-order valence-electron chi connectivity index (χ3n) is 3.84. The molecule has 0 bridgehead atoms. The van der Waals surface area contributed by atoms with Crippen LogP contribution in [0.15, 0.2) is 54.5 Å². The monoisotopic (exact) mass is 434 g/mol. The summed E-state index contributed by atoms with van der Waals surface area (Å²) in [5.74, 6) is 0.837. The number of hydroxylamine groups is 2. The lowest BCUT2D eigenvalue weighted by molar-refractivity contribution is -0.132. The summed E-state index contributed by atoms with van der Waals surface area (Å²) < 4.78 is 48.0. The van der Waals surface area contributed by atoms with E-state index < -0.39 is 17.8 Å². The molecular formula is C22H21F3N2O4. The number of nitrogens with zero attached hydrogens (tertiary/aromatic N) is 2. The van der Waals surface area contributed by atoms with E-state index in [-0.39, 0.29) is 24.7 Å². The van der Waals surface area contributed by atoms with Gasteiger partial charge in [0, 0.05) is 19.2 Å². The van der Waals surface area contributed by atoms with Crippen molar-refractivity contribution in [3.05, 3.63) is 71.4 Å². The number of ether oxygens (including phenoxy) is 2. The molecule has 0 aliphatic heterocycles. The summed E-state index contributed by atoms with van der Waals surface area (Å²) in [4.78, 5) is 21.7. The predicted molar refractivity (Wildman–Crippen MR) is 107 cm³/mol.